The first-order chi connectivity index (χ1) is 14.7. The van der Waals surface area contributed by atoms with Crippen molar-refractivity contribution in [1.82, 2.24) is 14.9 Å². The third kappa shape index (κ3) is 5.05. The predicted molar refractivity (Wildman–Crippen MR) is 128 cm³/mol. The smallest absolute Gasteiger partial charge is 0.260 e. The van der Waals surface area contributed by atoms with Crippen LogP contribution in [-0.4, -0.2) is 59.0 Å². The third-order valence-electron chi connectivity index (χ3n) is 5.07. The molecule has 0 unspecified atom stereocenters. The second kappa shape index (κ2) is 9.05. The van der Waals surface area contributed by atoms with Crippen LogP contribution in [0.5, 0.6) is 0 Å². The van der Waals surface area contributed by atoms with Crippen molar-refractivity contribution in [2.45, 2.75) is 31.5 Å². The van der Waals surface area contributed by atoms with Crippen molar-refractivity contribution in [3.8, 4) is 10.4 Å². The molecular weight excluding hydrogens is 475 g/mol. The number of thiophene rings is 2. The molecule has 0 aliphatic carbocycles. The predicted octanol–water partition coefficient (Wildman–Crippen LogP) is 3.48. The Morgan fingerprint density at radius 3 is 2.84 bits per heavy atom. The zero-order chi connectivity index (χ0) is 22.2. The monoisotopic (exact) mass is 497 g/mol. The summed E-state index contributed by atoms with van der Waals surface area (Å²) in [6.07, 6.45) is 0.479. The molecule has 3 aromatic rings. The first-order valence-electron chi connectivity index (χ1n) is 9.91. The van der Waals surface area contributed by atoms with Crippen LogP contribution < -0.4 is 5.56 Å². The number of thioether (sulfide) groups is 1. The van der Waals surface area contributed by atoms with Gasteiger partial charge in [-0.05, 0) is 23.8 Å². The number of carbonyl (C=O) groups is 1. The molecule has 1 amide bonds. The molecule has 166 valence electrons. The Kier molecular flexibility index (Phi) is 6.57. The molecule has 4 rings (SSSR count). The Balaban J connectivity index is 1.51. The van der Waals surface area contributed by atoms with Crippen LogP contribution in [0.15, 0.2) is 32.8 Å². The van der Waals surface area contributed by atoms with Gasteiger partial charge in [-0.1, -0.05) is 31.7 Å². The quantitative estimate of drug-likeness (QED) is 0.396. The van der Waals surface area contributed by atoms with Crippen molar-refractivity contribution in [3.05, 3.63) is 33.2 Å². The Bertz CT molecular complexity index is 1250. The summed E-state index contributed by atoms with van der Waals surface area (Å²) in [4.78, 5) is 36.4. The Labute approximate surface area is 192 Å². The van der Waals surface area contributed by atoms with E-state index in [9.17, 15) is 18.0 Å². The van der Waals surface area contributed by atoms with Gasteiger partial charge in [0, 0.05) is 28.4 Å². The normalized spacial score (nSPS) is 18.1. The van der Waals surface area contributed by atoms with Gasteiger partial charge in [-0.15, -0.1) is 22.7 Å². The summed E-state index contributed by atoms with van der Waals surface area (Å²) in [5.41, 5.74) is 0.660. The molecule has 11 heteroatoms. The van der Waals surface area contributed by atoms with Crippen LogP contribution in [0.3, 0.4) is 0 Å². The second-order valence-corrected chi connectivity index (χ2v) is 13.0. The van der Waals surface area contributed by atoms with E-state index in [1.807, 2.05) is 36.7 Å². The van der Waals surface area contributed by atoms with E-state index in [0.717, 1.165) is 10.4 Å². The Morgan fingerprint density at radius 1 is 1.39 bits per heavy atom. The van der Waals surface area contributed by atoms with Gasteiger partial charge in [0.25, 0.3) is 5.56 Å². The molecule has 3 aromatic heterocycles. The molecule has 0 aromatic carbocycles. The zero-order valence-corrected chi connectivity index (χ0v) is 20.4. The minimum absolute atomic E-state index is 0.0257. The highest BCUT2D eigenvalue weighted by Crippen LogP contribution is 2.34. The van der Waals surface area contributed by atoms with Gasteiger partial charge in [-0.3, -0.25) is 9.59 Å². The highest BCUT2D eigenvalue weighted by atomic mass is 32.2. The molecule has 7 nitrogen and oxygen atoms in total. The van der Waals surface area contributed by atoms with Crippen molar-refractivity contribution < 1.29 is 13.2 Å². The van der Waals surface area contributed by atoms with Gasteiger partial charge < -0.3 is 9.88 Å². The number of amides is 1. The molecule has 0 radical (unpaired) electrons. The fourth-order valence-electron chi connectivity index (χ4n) is 3.69. The van der Waals surface area contributed by atoms with Crippen LogP contribution >= 0.6 is 34.4 Å². The number of hydrogen-bond donors (Lipinski definition) is 1. The lowest BCUT2D eigenvalue weighted by atomic mass is 10.1. The van der Waals surface area contributed by atoms with E-state index in [2.05, 4.69) is 9.97 Å². The van der Waals surface area contributed by atoms with Gasteiger partial charge >= 0.3 is 0 Å². The largest absolute Gasteiger partial charge is 0.338 e. The summed E-state index contributed by atoms with van der Waals surface area (Å²) in [7, 11) is -3.08. The van der Waals surface area contributed by atoms with E-state index in [0.29, 0.717) is 28.3 Å². The van der Waals surface area contributed by atoms with Gasteiger partial charge in [-0.25, -0.2) is 13.4 Å². The summed E-state index contributed by atoms with van der Waals surface area (Å²) in [5, 5.41) is 4.87. The molecule has 1 aliphatic heterocycles. The van der Waals surface area contributed by atoms with E-state index in [-0.39, 0.29) is 40.7 Å². The lowest BCUT2D eigenvalue weighted by Gasteiger charge is -2.29. The third-order valence-corrected chi connectivity index (χ3v) is 9.46. The molecule has 1 N–H and O–H groups in total. The molecule has 4 heterocycles. The van der Waals surface area contributed by atoms with Crippen LogP contribution in [0, 0.1) is 5.92 Å². The van der Waals surface area contributed by atoms with Crippen molar-refractivity contribution in [2.24, 2.45) is 5.92 Å². The summed E-state index contributed by atoms with van der Waals surface area (Å²) in [5.74, 6) is 0.351. The standard InChI is InChI=1S/C20H23N3O4S4/c1-12(2)8-23(13-5-7-31(26,27)11-13)16(24)10-30-20-21-18(25)17-14(9-29-19(17)22-20)15-4-3-6-28-15/h3-4,6,9,12-13H,5,7-8,10-11H2,1-2H3,(H,21,22,25)/t13-/m1/s1. The molecule has 0 saturated carbocycles. The molecule has 1 aliphatic rings. The average molecular weight is 498 g/mol. The number of fused-ring (bicyclic) bond motifs is 1. The number of H-pyrrole nitrogens is 1. The summed E-state index contributed by atoms with van der Waals surface area (Å²) < 4.78 is 23.8. The van der Waals surface area contributed by atoms with Crippen LogP contribution in [0.1, 0.15) is 20.3 Å². The fourth-order valence-corrected chi connectivity index (χ4v) is 7.99. The van der Waals surface area contributed by atoms with E-state index >= 15 is 0 Å². The number of sulfone groups is 1. The zero-order valence-electron chi connectivity index (χ0n) is 17.2. The minimum Gasteiger partial charge on any atom is -0.338 e. The van der Waals surface area contributed by atoms with E-state index in [1.54, 1.807) is 16.2 Å². The number of nitrogens with zero attached hydrogens (tertiary/aromatic N) is 2. The van der Waals surface area contributed by atoms with Crippen molar-refractivity contribution in [1.29, 1.82) is 0 Å². The van der Waals surface area contributed by atoms with Gasteiger partial charge in [0.05, 0.1) is 22.6 Å². The SMILES string of the molecule is CC(C)CN(C(=O)CSc1nc2scc(-c3cccs3)c2c(=O)[nH]1)[C@@H]1CCS(=O)(=O)C1. The molecule has 1 saturated heterocycles. The lowest BCUT2D eigenvalue weighted by molar-refractivity contribution is -0.130. The maximum atomic E-state index is 13.0. The molecule has 31 heavy (non-hydrogen) atoms. The second-order valence-electron chi connectivity index (χ2n) is 7.96. The average Bonchev–Trinajstić information content (AvgIpc) is 3.43. The fraction of sp³-hybridized carbons (Fsp3) is 0.450. The molecule has 0 spiro atoms. The lowest BCUT2D eigenvalue weighted by Crippen LogP contribution is -2.44. The van der Waals surface area contributed by atoms with Crippen LogP contribution in [0.25, 0.3) is 20.7 Å². The number of carbonyl (C=O) groups excluding carboxylic acids is 1. The number of hydrogen-bond acceptors (Lipinski definition) is 8. The number of nitrogens with one attached hydrogen (secondary N) is 1. The molecule has 0 bridgehead atoms. The maximum Gasteiger partial charge on any atom is 0.260 e. The van der Waals surface area contributed by atoms with Gasteiger partial charge in [0.2, 0.25) is 5.91 Å². The van der Waals surface area contributed by atoms with Crippen LogP contribution in [-0.2, 0) is 14.6 Å². The Hall–Kier alpha value is -1.69. The van der Waals surface area contributed by atoms with Gasteiger partial charge in [-0.2, -0.15) is 0 Å². The number of aromatic amines is 1. The molecule has 1 fully saturated rings. The molecule has 1 atom stereocenters. The minimum atomic E-state index is -3.08. The first-order valence-corrected chi connectivity index (χ1v) is 14.5. The van der Waals surface area contributed by atoms with Crippen LogP contribution in [0.4, 0.5) is 0 Å². The Morgan fingerprint density at radius 2 is 2.19 bits per heavy atom. The number of rotatable bonds is 7. The summed E-state index contributed by atoms with van der Waals surface area (Å²) in [6.45, 7) is 4.52. The number of aromatic nitrogens is 2. The topological polar surface area (TPSA) is 100 Å². The summed E-state index contributed by atoms with van der Waals surface area (Å²) >= 11 is 4.16. The highest BCUT2D eigenvalue weighted by Gasteiger charge is 2.34. The van der Waals surface area contributed by atoms with E-state index in [1.165, 1.54) is 23.1 Å². The van der Waals surface area contributed by atoms with Gasteiger partial charge in [0.1, 0.15) is 4.83 Å². The maximum absolute atomic E-state index is 13.0. The van der Waals surface area contributed by atoms with Crippen LogP contribution in [0.2, 0.25) is 0 Å². The highest BCUT2D eigenvalue weighted by molar-refractivity contribution is 7.99. The van der Waals surface area contributed by atoms with Crippen molar-refractivity contribution in [3.63, 3.8) is 0 Å². The van der Waals surface area contributed by atoms with E-state index < -0.39 is 9.84 Å². The molecular formula is C20H23N3O4S4. The van der Waals surface area contributed by atoms with Crippen molar-refractivity contribution in [2.75, 3.05) is 23.8 Å². The first kappa shape index (κ1) is 22.5. The summed E-state index contributed by atoms with van der Waals surface area (Å²) in [6, 6.07) is 3.64. The van der Waals surface area contributed by atoms with E-state index in [4.69, 9.17) is 0 Å². The van der Waals surface area contributed by atoms with Crippen molar-refractivity contribution >= 4 is 60.4 Å². The van der Waals surface area contributed by atoms with Gasteiger partial charge in [0.15, 0.2) is 15.0 Å².